The number of aromatic nitrogens is 1. The van der Waals surface area contributed by atoms with Crippen LogP contribution in [0, 0.1) is 19.7 Å². The van der Waals surface area contributed by atoms with Gasteiger partial charge in [0.1, 0.15) is 18.5 Å². The minimum absolute atomic E-state index is 0.0645. The minimum atomic E-state index is -4.64. The number of carbonyl (C=O) groups is 1. The van der Waals surface area contributed by atoms with Gasteiger partial charge in [-0.1, -0.05) is 0 Å². The molecule has 172 valence electrons. The van der Waals surface area contributed by atoms with Gasteiger partial charge in [0, 0.05) is 17.4 Å². The number of rotatable bonds is 3. The van der Waals surface area contributed by atoms with E-state index in [2.05, 4.69) is 0 Å². The third-order valence-corrected chi connectivity index (χ3v) is 5.90. The molecule has 4 rings (SSSR count). The number of aryl methyl sites for hydroxylation is 1. The Labute approximate surface area is 191 Å². The Morgan fingerprint density at radius 3 is 2.21 bits per heavy atom. The standard InChI is InChI=1S/C23H18ClF4N3O2/c1-13-9-16(25)4-6-18(13)30-12-31(19-7-8-21(32)29(11-24)14(19)2)22(33)17-10-15(23(26,27)28)3-5-20(17)30/h3-10H,11-12H2,1-2H3. The molecule has 0 unspecified atom stereocenters. The summed E-state index contributed by atoms with van der Waals surface area (Å²) in [7, 11) is 0. The van der Waals surface area contributed by atoms with E-state index in [1.54, 1.807) is 18.7 Å². The van der Waals surface area contributed by atoms with Gasteiger partial charge in [0.05, 0.1) is 22.5 Å². The molecule has 2 aromatic carbocycles. The van der Waals surface area contributed by atoms with Crippen LogP contribution >= 0.6 is 11.6 Å². The first-order valence-corrected chi connectivity index (χ1v) is 10.4. The number of carbonyl (C=O) groups excluding carboxylic acids is 1. The molecule has 0 aliphatic carbocycles. The summed E-state index contributed by atoms with van der Waals surface area (Å²) < 4.78 is 55.2. The number of pyridine rings is 1. The maximum absolute atomic E-state index is 13.7. The van der Waals surface area contributed by atoms with E-state index in [4.69, 9.17) is 11.6 Å². The van der Waals surface area contributed by atoms with Gasteiger partial charge in [-0.3, -0.25) is 19.1 Å². The summed E-state index contributed by atoms with van der Waals surface area (Å²) in [5.41, 5.74) is 0.544. The predicted molar refractivity (Wildman–Crippen MR) is 118 cm³/mol. The lowest BCUT2D eigenvalue weighted by Gasteiger charge is -2.39. The van der Waals surface area contributed by atoms with Crippen LogP contribution in [0.25, 0.3) is 0 Å². The first-order valence-electron chi connectivity index (χ1n) is 9.86. The van der Waals surface area contributed by atoms with Crippen LogP contribution in [0.1, 0.15) is 27.2 Å². The van der Waals surface area contributed by atoms with Crippen LogP contribution in [0.3, 0.4) is 0 Å². The van der Waals surface area contributed by atoms with Crippen LogP contribution < -0.4 is 15.4 Å². The number of halogens is 5. The lowest BCUT2D eigenvalue weighted by atomic mass is 10.0. The molecule has 3 aromatic rings. The zero-order valence-electron chi connectivity index (χ0n) is 17.6. The first kappa shape index (κ1) is 22.8. The van der Waals surface area contributed by atoms with Gasteiger partial charge in [-0.25, -0.2) is 4.39 Å². The second kappa shape index (κ2) is 8.22. The maximum Gasteiger partial charge on any atom is 0.416 e. The number of alkyl halides is 4. The van der Waals surface area contributed by atoms with Crippen molar-refractivity contribution in [3.8, 4) is 0 Å². The summed E-state index contributed by atoms with van der Waals surface area (Å²) in [4.78, 5) is 28.4. The summed E-state index contributed by atoms with van der Waals surface area (Å²) >= 11 is 5.89. The highest BCUT2D eigenvalue weighted by Crippen LogP contribution is 2.40. The van der Waals surface area contributed by atoms with Gasteiger partial charge in [-0.2, -0.15) is 13.2 Å². The summed E-state index contributed by atoms with van der Waals surface area (Å²) in [5, 5.41) is 0. The van der Waals surface area contributed by atoms with Crippen molar-refractivity contribution < 1.29 is 22.4 Å². The highest BCUT2D eigenvalue weighted by molar-refractivity contribution is 6.15. The average Bonchev–Trinajstić information content (AvgIpc) is 2.75. The molecule has 0 fully saturated rings. The van der Waals surface area contributed by atoms with E-state index >= 15 is 0 Å². The maximum atomic E-state index is 13.7. The third-order valence-electron chi connectivity index (χ3n) is 5.66. The molecule has 1 aromatic heterocycles. The fourth-order valence-electron chi connectivity index (χ4n) is 3.96. The Hall–Kier alpha value is -3.33. The Morgan fingerprint density at radius 2 is 1.58 bits per heavy atom. The average molecular weight is 480 g/mol. The molecule has 0 saturated heterocycles. The van der Waals surface area contributed by atoms with Gasteiger partial charge in [0.15, 0.2) is 0 Å². The molecule has 5 nitrogen and oxygen atoms in total. The van der Waals surface area contributed by atoms with Crippen molar-refractivity contribution in [2.45, 2.75) is 26.0 Å². The van der Waals surface area contributed by atoms with Crippen molar-refractivity contribution in [1.82, 2.24) is 4.57 Å². The van der Waals surface area contributed by atoms with Crippen molar-refractivity contribution >= 4 is 34.6 Å². The van der Waals surface area contributed by atoms with Crippen LogP contribution in [0.2, 0.25) is 0 Å². The molecule has 0 saturated carbocycles. The quantitative estimate of drug-likeness (QED) is 0.364. The lowest BCUT2D eigenvalue weighted by Crippen LogP contribution is -2.46. The molecular weight excluding hydrogens is 462 g/mol. The monoisotopic (exact) mass is 479 g/mol. The molecule has 2 heterocycles. The van der Waals surface area contributed by atoms with Crippen molar-refractivity contribution in [3.05, 3.63) is 87.1 Å². The summed E-state index contributed by atoms with van der Waals surface area (Å²) in [6.45, 7) is 3.20. The number of amides is 1. The van der Waals surface area contributed by atoms with E-state index < -0.39 is 23.5 Å². The van der Waals surface area contributed by atoms with E-state index in [0.717, 1.165) is 12.1 Å². The number of anilines is 3. The number of hydrogen-bond donors (Lipinski definition) is 0. The zero-order valence-corrected chi connectivity index (χ0v) is 18.3. The van der Waals surface area contributed by atoms with Gasteiger partial charge in [0.25, 0.3) is 11.5 Å². The molecular formula is C23H18ClF4N3O2. The van der Waals surface area contributed by atoms with Crippen LogP contribution in [-0.2, 0) is 12.2 Å². The van der Waals surface area contributed by atoms with Crippen LogP contribution in [0.15, 0.2) is 53.3 Å². The highest BCUT2D eigenvalue weighted by atomic mass is 35.5. The van der Waals surface area contributed by atoms with Crippen LogP contribution in [0.5, 0.6) is 0 Å². The number of fused-ring (bicyclic) bond motifs is 1. The van der Waals surface area contributed by atoms with Gasteiger partial charge in [-0.15, -0.1) is 11.6 Å². The molecule has 1 aliphatic heterocycles. The van der Waals surface area contributed by atoms with Crippen LogP contribution in [-0.4, -0.2) is 17.1 Å². The third kappa shape index (κ3) is 3.97. The summed E-state index contributed by atoms with van der Waals surface area (Å²) in [5.74, 6) is -1.12. The molecule has 0 bridgehead atoms. The lowest BCUT2D eigenvalue weighted by molar-refractivity contribution is -0.137. The second-order valence-electron chi connectivity index (χ2n) is 7.65. The van der Waals surface area contributed by atoms with E-state index in [1.165, 1.54) is 45.9 Å². The Bertz CT molecular complexity index is 1320. The molecule has 0 N–H and O–H groups in total. The van der Waals surface area contributed by atoms with Gasteiger partial charge in [0.2, 0.25) is 0 Å². The van der Waals surface area contributed by atoms with E-state index in [-0.39, 0.29) is 29.5 Å². The number of benzene rings is 2. The SMILES string of the molecule is Cc1cc(F)ccc1N1CN(c2ccc(=O)n(CCl)c2C)C(=O)c2cc(C(F)(F)F)ccc21. The van der Waals surface area contributed by atoms with Crippen molar-refractivity contribution in [2.75, 3.05) is 16.5 Å². The fraction of sp³-hybridized carbons (Fsp3) is 0.217. The Balaban J connectivity index is 1.94. The van der Waals surface area contributed by atoms with Gasteiger partial charge >= 0.3 is 6.18 Å². The molecule has 1 amide bonds. The summed E-state index contributed by atoms with van der Waals surface area (Å²) in [6.07, 6.45) is -4.64. The molecule has 0 atom stereocenters. The predicted octanol–water partition coefficient (Wildman–Crippen LogP) is 5.58. The number of hydrogen-bond acceptors (Lipinski definition) is 3. The Kier molecular flexibility index (Phi) is 5.69. The molecule has 0 spiro atoms. The largest absolute Gasteiger partial charge is 0.416 e. The molecule has 10 heteroatoms. The zero-order chi connectivity index (χ0) is 24.1. The smallest absolute Gasteiger partial charge is 0.322 e. The van der Waals surface area contributed by atoms with Gasteiger partial charge in [-0.05, 0) is 61.9 Å². The highest BCUT2D eigenvalue weighted by Gasteiger charge is 2.37. The first-order chi connectivity index (χ1) is 15.5. The topological polar surface area (TPSA) is 45.5 Å². The summed E-state index contributed by atoms with van der Waals surface area (Å²) in [6, 6.07) is 9.53. The minimum Gasteiger partial charge on any atom is -0.322 e. The second-order valence-corrected chi connectivity index (χ2v) is 7.89. The Morgan fingerprint density at radius 1 is 0.909 bits per heavy atom. The van der Waals surface area contributed by atoms with Crippen LogP contribution in [0.4, 0.5) is 34.6 Å². The normalized spacial score (nSPS) is 14.0. The van der Waals surface area contributed by atoms with Crippen molar-refractivity contribution in [2.24, 2.45) is 0 Å². The van der Waals surface area contributed by atoms with Crippen molar-refractivity contribution in [3.63, 3.8) is 0 Å². The molecule has 0 radical (unpaired) electrons. The van der Waals surface area contributed by atoms with Gasteiger partial charge < -0.3 is 4.90 Å². The van der Waals surface area contributed by atoms with Crippen molar-refractivity contribution in [1.29, 1.82) is 0 Å². The molecule has 33 heavy (non-hydrogen) atoms. The van der Waals surface area contributed by atoms with E-state index in [9.17, 15) is 27.2 Å². The fourth-order valence-corrected chi connectivity index (χ4v) is 4.25. The van der Waals surface area contributed by atoms with E-state index in [0.29, 0.717) is 22.6 Å². The number of nitrogens with zero attached hydrogens (tertiary/aromatic N) is 3. The van der Waals surface area contributed by atoms with E-state index in [1.807, 2.05) is 0 Å². The molecule has 1 aliphatic rings.